The number of fused-ring (bicyclic) bond motifs is 5. The lowest BCUT2D eigenvalue weighted by molar-refractivity contribution is 0.669. The number of benzene rings is 8. The lowest BCUT2D eigenvalue weighted by atomic mass is 9.88. The summed E-state index contributed by atoms with van der Waals surface area (Å²) in [6.45, 7) is 0. The van der Waals surface area contributed by atoms with Crippen molar-refractivity contribution in [2.24, 2.45) is 0 Å². The third-order valence-electron chi connectivity index (χ3n) is 9.05. The van der Waals surface area contributed by atoms with E-state index >= 15 is 0 Å². The van der Waals surface area contributed by atoms with Gasteiger partial charge in [0, 0.05) is 10.8 Å². The zero-order valence-electron chi connectivity index (χ0n) is 24.6. The van der Waals surface area contributed by atoms with Gasteiger partial charge in [-0.15, -0.1) is 0 Å². The highest BCUT2D eigenvalue weighted by Crippen LogP contribution is 2.42. The lowest BCUT2D eigenvalue weighted by Crippen LogP contribution is -1.90. The highest BCUT2D eigenvalue weighted by Gasteiger charge is 2.16. The molecule has 0 aliphatic rings. The van der Waals surface area contributed by atoms with Crippen LogP contribution in [0.15, 0.2) is 174 Å². The van der Waals surface area contributed by atoms with Crippen molar-refractivity contribution in [2.75, 3.05) is 0 Å². The van der Waals surface area contributed by atoms with Gasteiger partial charge in [0.2, 0.25) is 0 Å². The fourth-order valence-corrected chi connectivity index (χ4v) is 6.91. The molecule has 45 heavy (non-hydrogen) atoms. The Hall–Kier alpha value is -5.92. The van der Waals surface area contributed by atoms with Gasteiger partial charge in [-0.05, 0) is 102 Å². The average Bonchev–Trinajstić information content (AvgIpc) is 3.50. The molecular formula is C44H28O. The molecule has 0 bridgehead atoms. The standard InChI is InChI=1S/C44H28O/c1-2-12-30(13-3-1)36-23-24-37(40-16-7-6-15-39(36)40)34-26-33(32-22-21-29-11-4-5-14-31(29)25-32)27-35(28-34)38-18-10-20-43-44(38)41-17-8-9-19-42(41)45-43/h1-28H. The van der Waals surface area contributed by atoms with E-state index in [0.717, 1.165) is 21.9 Å². The van der Waals surface area contributed by atoms with E-state index in [4.69, 9.17) is 4.42 Å². The Morgan fingerprint density at radius 1 is 0.289 bits per heavy atom. The van der Waals surface area contributed by atoms with Crippen LogP contribution in [0.5, 0.6) is 0 Å². The van der Waals surface area contributed by atoms with Gasteiger partial charge in [-0.2, -0.15) is 0 Å². The summed E-state index contributed by atoms with van der Waals surface area (Å²) in [5.74, 6) is 0. The van der Waals surface area contributed by atoms with Gasteiger partial charge in [-0.25, -0.2) is 0 Å². The maximum absolute atomic E-state index is 6.31. The third kappa shape index (κ3) is 4.32. The Morgan fingerprint density at radius 3 is 1.69 bits per heavy atom. The average molecular weight is 573 g/mol. The molecule has 0 atom stereocenters. The molecule has 0 saturated heterocycles. The molecule has 9 aromatic rings. The van der Waals surface area contributed by atoms with Crippen molar-refractivity contribution in [2.45, 2.75) is 0 Å². The van der Waals surface area contributed by atoms with Crippen LogP contribution in [0.4, 0.5) is 0 Å². The second-order valence-corrected chi connectivity index (χ2v) is 11.7. The summed E-state index contributed by atoms with van der Waals surface area (Å²) in [6.07, 6.45) is 0. The highest BCUT2D eigenvalue weighted by atomic mass is 16.3. The van der Waals surface area contributed by atoms with Crippen LogP contribution in [0.25, 0.3) is 88.0 Å². The molecule has 1 aromatic heterocycles. The molecule has 1 nitrogen and oxygen atoms in total. The van der Waals surface area contributed by atoms with Gasteiger partial charge in [-0.1, -0.05) is 133 Å². The van der Waals surface area contributed by atoms with Crippen LogP contribution >= 0.6 is 0 Å². The lowest BCUT2D eigenvalue weighted by Gasteiger charge is -2.16. The molecule has 210 valence electrons. The maximum atomic E-state index is 6.31. The summed E-state index contributed by atoms with van der Waals surface area (Å²) in [7, 11) is 0. The molecule has 8 aromatic carbocycles. The molecule has 0 spiro atoms. The van der Waals surface area contributed by atoms with Gasteiger partial charge in [-0.3, -0.25) is 0 Å². The SMILES string of the molecule is c1ccc(-c2ccc(-c3cc(-c4ccc5ccccc5c4)cc(-c4cccc5oc6ccccc6c45)c3)c3ccccc23)cc1. The van der Waals surface area contributed by atoms with Crippen LogP contribution in [-0.4, -0.2) is 0 Å². The minimum absolute atomic E-state index is 0.907. The smallest absolute Gasteiger partial charge is 0.136 e. The fourth-order valence-electron chi connectivity index (χ4n) is 6.91. The second kappa shape index (κ2) is 10.4. The van der Waals surface area contributed by atoms with Crippen molar-refractivity contribution >= 4 is 43.5 Å². The number of furan rings is 1. The van der Waals surface area contributed by atoms with E-state index in [2.05, 4.69) is 164 Å². The molecule has 0 fully saturated rings. The molecule has 1 heterocycles. The largest absolute Gasteiger partial charge is 0.456 e. The minimum atomic E-state index is 0.907. The van der Waals surface area contributed by atoms with Crippen molar-refractivity contribution in [1.82, 2.24) is 0 Å². The monoisotopic (exact) mass is 572 g/mol. The van der Waals surface area contributed by atoms with E-state index in [1.165, 1.54) is 66.1 Å². The normalized spacial score (nSPS) is 11.6. The van der Waals surface area contributed by atoms with E-state index in [1.54, 1.807) is 0 Å². The highest BCUT2D eigenvalue weighted by molar-refractivity contribution is 6.13. The first kappa shape index (κ1) is 25.6. The van der Waals surface area contributed by atoms with Crippen LogP contribution < -0.4 is 0 Å². The summed E-state index contributed by atoms with van der Waals surface area (Å²) in [4.78, 5) is 0. The Labute approximate surface area is 261 Å². The van der Waals surface area contributed by atoms with Crippen molar-refractivity contribution in [1.29, 1.82) is 0 Å². The quantitative estimate of drug-likeness (QED) is 0.204. The molecule has 0 amide bonds. The molecule has 0 aliphatic carbocycles. The predicted molar refractivity (Wildman–Crippen MR) is 190 cm³/mol. The van der Waals surface area contributed by atoms with E-state index < -0.39 is 0 Å². The minimum Gasteiger partial charge on any atom is -0.456 e. The summed E-state index contributed by atoms with van der Waals surface area (Å²) >= 11 is 0. The zero-order chi connectivity index (χ0) is 29.7. The number of hydrogen-bond donors (Lipinski definition) is 0. The van der Waals surface area contributed by atoms with Gasteiger partial charge in [0.05, 0.1) is 0 Å². The first-order valence-corrected chi connectivity index (χ1v) is 15.4. The number of hydrogen-bond acceptors (Lipinski definition) is 1. The van der Waals surface area contributed by atoms with Gasteiger partial charge >= 0.3 is 0 Å². The molecule has 0 N–H and O–H groups in total. The molecule has 9 rings (SSSR count). The van der Waals surface area contributed by atoms with Crippen molar-refractivity contribution < 1.29 is 4.42 Å². The fraction of sp³-hybridized carbons (Fsp3) is 0. The van der Waals surface area contributed by atoms with Crippen molar-refractivity contribution in [3.63, 3.8) is 0 Å². The van der Waals surface area contributed by atoms with Crippen LogP contribution in [0.1, 0.15) is 0 Å². The maximum Gasteiger partial charge on any atom is 0.136 e. The first-order chi connectivity index (χ1) is 22.3. The molecule has 0 saturated carbocycles. The summed E-state index contributed by atoms with van der Waals surface area (Å²) in [5, 5.41) is 7.27. The second-order valence-electron chi connectivity index (χ2n) is 11.7. The molecule has 0 unspecified atom stereocenters. The molecule has 0 radical (unpaired) electrons. The van der Waals surface area contributed by atoms with E-state index in [0.29, 0.717) is 0 Å². The van der Waals surface area contributed by atoms with E-state index in [9.17, 15) is 0 Å². The van der Waals surface area contributed by atoms with E-state index in [1.807, 2.05) is 6.07 Å². The third-order valence-corrected chi connectivity index (χ3v) is 9.05. The van der Waals surface area contributed by atoms with Gasteiger partial charge in [0.15, 0.2) is 0 Å². The van der Waals surface area contributed by atoms with E-state index in [-0.39, 0.29) is 0 Å². The molecule has 0 aliphatic heterocycles. The van der Waals surface area contributed by atoms with Crippen molar-refractivity contribution in [3.8, 4) is 44.5 Å². The van der Waals surface area contributed by atoms with Crippen LogP contribution in [-0.2, 0) is 0 Å². The van der Waals surface area contributed by atoms with Gasteiger partial charge < -0.3 is 4.42 Å². The molecular weight excluding hydrogens is 544 g/mol. The predicted octanol–water partition coefficient (Wildman–Crippen LogP) is 12.6. The summed E-state index contributed by atoms with van der Waals surface area (Å²) in [5.41, 5.74) is 11.4. The summed E-state index contributed by atoms with van der Waals surface area (Å²) < 4.78 is 6.31. The Balaban J connectivity index is 1.32. The van der Waals surface area contributed by atoms with Crippen molar-refractivity contribution in [3.05, 3.63) is 170 Å². The van der Waals surface area contributed by atoms with Gasteiger partial charge in [0.25, 0.3) is 0 Å². The topological polar surface area (TPSA) is 13.1 Å². The van der Waals surface area contributed by atoms with Crippen LogP contribution in [0.2, 0.25) is 0 Å². The Kier molecular flexibility index (Phi) is 5.89. The number of rotatable bonds is 4. The first-order valence-electron chi connectivity index (χ1n) is 15.4. The Morgan fingerprint density at radius 2 is 0.889 bits per heavy atom. The van der Waals surface area contributed by atoms with Gasteiger partial charge in [0.1, 0.15) is 11.2 Å². The molecule has 1 heteroatoms. The number of para-hydroxylation sites is 1. The van der Waals surface area contributed by atoms with Crippen LogP contribution in [0, 0.1) is 0 Å². The van der Waals surface area contributed by atoms with Crippen LogP contribution in [0.3, 0.4) is 0 Å². The Bertz CT molecular complexity index is 2530. The summed E-state index contributed by atoms with van der Waals surface area (Å²) in [6, 6.07) is 61.2. The zero-order valence-corrected chi connectivity index (χ0v) is 24.6.